The van der Waals surface area contributed by atoms with E-state index < -0.39 is 0 Å². The number of rotatable bonds is 3. The van der Waals surface area contributed by atoms with Crippen LogP contribution in [0.2, 0.25) is 0 Å². The Labute approximate surface area is 126 Å². The zero-order valence-corrected chi connectivity index (χ0v) is 12.8. The Hall–Kier alpha value is -0.240. The summed E-state index contributed by atoms with van der Waals surface area (Å²) in [6.45, 7) is 11.9. The van der Waals surface area contributed by atoms with E-state index in [2.05, 4.69) is 14.7 Å². The Morgan fingerprint density at radius 1 is 0.429 bits per heavy atom. The maximum atomic E-state index is 5.53. The van der Waals surface area contributed by atoms with Crippen LogP contribution in [-0.2, 0) is 14.2 Å². The summed E-state index contributed by atoms with van der Waals surface area (Å²) in [7, 11) is 0. The molecule has 4 rings (SSSR count). The predicted octanol–water partition coefficient (Wildman–Crippen LogP) is -0.898. The fourth-order valence-electron chi connectivity index (χ4n) is 4.19. The van der Waals surface area contributed by atoms with Gasteiger partial charge < -0.3 is 14.2 Å². The molecule has 6 nitrogen and oxygen atoms in total. The van der Waals surface area contributed by atoms with Crippen LogP contribution < -0.4 is 0 Å². The molecule has 3 saturated heterocycles. The van der Waals surface area contributed by atoms with Crippen molar-refractivity contribution < 1.29 is 14.2 Å². The lowest BCUT2D eigenvalue weighted by Crippen LogP contribution is -2.44. The van der Waals surface area contributed by atoms with Crippen LogP contribution in [0.4, 0.5) is 0 Å². The summed E-state index contributed by atoms with van der Waals surface area (Å²) in [5.41, 5.74) is 0. The van der Waals surface area contributed by atoms with Crippen molar-refractivity contribution in [3.8, 4) is 0 Å². The van der Waals surface area contributed by atoms with Crippen LogP contribution in [0.3, 0.4) is 0 Å². The highest BCUT2D eigenvalue weighted by Gasteiger charge is 2.59. The summed E-state index contributed by atoms with van der Waals surface area (Å²) in [6.07, 6.45) is 0. The smallest absolute Gasteiger partial charge is 0.0594 e. The average Bonchev–Trinajstić information content (AvgIpc) is 3.33. The Morgan fingerprint density at radius 3 is 0.905 bits per heavy atom. The van der Waals surface area contributed by atoms with Crippen molar-refractivity contribution in [1.29, 1.82) is 0 Å². The molecule has 4 fully saturated rings. The van der Waals surface area contributed by atoms with E-state index in [4.69, 9.17) is 14.2 Å². The van der Waals surface area contributed by atoms with E-state index >= 15 is 0 Å². The van der Waals surface area contributed by atoms with Crippen LogP contribution >= 0.6 is 0 Å². The minimum atomic E-state index is 0.685. The van der Waals surface area contributed by atoms with Gasteiger partial charge in [-0.15, -0.1) is 0 Å². The van der Waals surface area contributed by atoms with Gasteiger partial charge >= 0.3 is 0 Å². The largest absolute Gasteiger partial charge is 0.379 e. The Balaban J connectivity index is 1.45. The molecule has 1 saturated carbocycles. The van der Waals surface area contributed by atoms with E-state index in [-0.39, 0.29) is 0 Å². The second kappa shape index (κ2) is 6.48. The summed E-state index contributed by atoms with van der Waals surface area (Å²) < 4.78 is 16.6. The molecule has 21 heavy (non-hydrogen) atoms. The van der Waals surface area contributed by atoms with Crippen molar-refractivity contribution in [2.45, 2.75) is 18.1 Å². The first kappa shape index (κ1) is 14.4. The first-order valence-corrected chi connectivity index (χ1v) is 8.40. The van der Waals surface area contributed by atoms with Gasteiger partial charge in [-0.1, -0.05) is 0 Å². The molecule has 0 aromatic carbocycles. The normalized spacial score (nSPS) is 40.3. The molecular weight excluding hydrogens is 270 g/mol. The number of hydrogen-bond donors (Lipinski definition) is 0. The molecule has 3 aliphatic heterocycles. The van der Waals surface area contributed by atoms with Gasteiger partial charge in [-0.3, -0.25) is 14.7 Å². The zero-order chi connectivity index (χ0) is 14.1. The molecule has 0 N–H and O–H groups in total. The molecule has 3 heterocycles. The van der Waals surface area contributed by atoms with Gasteiger partial charge in [-0.2, -0.15) is 0 Å². The summed E-state index contributed by atoms with van der Waals surface area (Å²) >= 11 is 0. The monoisotopic (exact) mass is 297 g/mol. The summed E-state index contributed by atoms with van der Waals surface area (Å²) in [5.74, 6) is 0. The lowest BCUT2D eigenvalue weighted by molar-refractivity contribution is 0.0121. The van der Waals surface area contributed by atoms with E-state index in [0.717, 1.165) is 78.9 Å². The van der Waals surface area contributed by atoms with E-state index in [1.54, 1.807) is 0 Å². The van der Waals surface area contributed by atoms with Gasteiger partial charge in [-0.05, 0) is 0 Å². The lowest BCUT2D eigenvalue weighted by Gasteiger charge is -2.30. The molecule has 0 atom stereocenters. The summed E-state index contributed by atoms with van der Waals surface area (Å²) in [6, 6.07) is 2.06. The van der Waals surface area contributed by atoms with Crippen molar-refractivity contribution in [3.63, 3.8) is 0 Å². The maximum absolute atomic E-state index is 5.53. The second-order valence-electron chi connectivity index (χ2n) is 6.42. The van der Waals surface area contributed by atoms with Crippen molar-refractivity contribution >= 4 is 0 Å². The van der Waals surface area contributed by atoms with Crippen molar-refractivity contribution in [1.82, 2.24) is 14.7 Å². The third kappa shape index (κ3) is 2.98. The molecule has 0 unspecified atom stereocenters. The SMILES string of the molecule is C1CN(C2C(N3CCOCC3)C2N2CCOCC2)CCO1. The number of nitrogens with zero attached hydrogens (tertiary/aromatic N) is 3. The van der Waals surface area contributed by atoms with Crippen LogP contribution in [0.1, 0.15) is 0 Å². The second-order valence-corrected chi connectivity index (χ2v) is 6.42. The summed E-state index contributed by atoms with van der Waals surface area (Å²) in [4.78, 5) is 7.97. The molecular formula is C15H27N3O3. The lowest BCUT2D eigenvalue weighted by atomic mass is 10.3. The first-order valence-electron chi connectivity index (χ1n) is 8.40. The molecule has 0 radical (unpaired) electrons. The van der Waals surface area contributed by atoms with Crippen LogP contribution in [0.5, 0.6) is 0 Å². The molecule has 0 spiro atoms. The standard InChI is InChI=1S/C15H27N3O3/c1-7-19-8-2-16(1)13-14(17-3-9-20-10-4-17)15(13)18-5-11-21-12-6-18/h13-15H,1-12H2. The highest BCUT2D eigenvalue weighted by Crippen LogP contribution is 2.39. The van der Waals surface area contributed by atoms with Gasteiger partial charge in [0.2, 0.25) is 0 Å². The van der Waals surface area contributed by atoms with Crippen molar-refractivity contribution in [3.05, 3.63) is 0 Å². The van der Waals surface area contributed by atoms with E-state index in [1.165, 1.54) is 0 Å². The fraction of sp³-hybridized carbons (Fsp3) is 1.00. The van der Waals surface area contributed by atoms with E-state index in [9.17, 15) is 0 Å². The zero-order valence-electron chi connectivity index (χ0n) is 12.8. The molecule has 4 aliphatic rings. The van der Waals surface area contributed by atoms with Gasteiger partial charge in [0, 0.05) is 57.4 Å². The molecule has 6 heteroatoms. The first-order chi connectivity index (χ1) is 10.4. The average molecular weight is 297 g/mol. The summed E-state index contributed by atoms with van der Waals surface area (Å²) in [5, 5.41) is 0. The molecule has 1 aliphatic carbocycles. The van der Waals surface area contributed by atoms with E-state index in [1.807, 2.05) is 0 Å². The van der Waals surface area contributed by atoms with Crippen LogP contribution in [0.15, 0.2) is 0 Å². The number of morpholine rings is 3. The third-order valence-electron chi connectivity index (χ3n) is 5.31. The van der Waals surface area contributed by atoms with Crippen molar-refractivity contribution in [2.24, 2.45) is 0 Å². The van der Waals surface area contributed by atoms with Gasteiger partial charge in [-0.25, -0.2) is 0 Å². The van der Waals surface area contributed by atoms with Gasteiger partial charge in [0.1, 0.15) is 0 Å². The molecule has 0 aromatic heterocycles. The minimum absolute atomic E-state index is 0.685. The van der Waals surface area contributed by atoms with Gasteiger partial charge in [0.05, 0.1) is 39.6 Å². The van der Waals surface area contributed by atoms with E-state index in [0.29, 0.717) is 18.1 Å². The molecule has 0 bridgehead atoms. The van der Waals surface area contributed by atoms with Crippen LogP contribution in [0.25, 0.3) is 0 Å². The predicted molar refractivity (Wildman–Crippen MR) is 78.5 cm³/mol. The highest BCUT2D eigenvalue weighted by atomic mass is 16.5. The molecule has 0 aromatic rings. The van der Waals surface area contributed by atoms with Gasteiger partial charge in [0.15, 0.2) is 0 Å². The number of hydrogen-bond acceptors (Lipinski definition) is 6. The topological polar surface area (TPSA) is 37.4 Å². The highest BCUT2D eigenvalue weighted by molar-refractivity contribution is 5.18. The van der Waals surface area contributed by atoms with Gasteiger partial charge in [0.25, 0.3) is 0 Å². The Kier molecular flexibility index (Phi) is 4.43. The fourth-order valence-corrected chi connectivity index (χ4v) is 4.19. The molecule has 120 valence electrons. The Bertz CT molecular complexity index is 281. The third-order valence-corrected chi connectivity index (χ3v) is 5.31. The van der Waals surface area contributed by atoms with Crippen molar-refractivity contribution in [2.75, 3.05) is 78.9 Å². The number of ether oxygens (including phenoxy) is 3. The Morgan fingerprint density at radius 2 is 0.667 bits per heavy atom. The molecule has 0 amide bonds. The van der Waals surface area contributed by atoms with Crippen LogP contribution in [-0.4, -0.2) is 112 Å². The quantitative estimate of drug-likeness (QED) is 0.672. The maximum Gasteiger partial charge on any atom is 0.0594 e. The minimum Gasteiger partial charge on any atom is -0.379 e. The van der Waals surface area contributed by atoms with Crippen LogP contribution in [0, 0.1) is 0 Å².